The molecule has 7 heteroatoms. The van der Waals surface area contributed by atoms with E-state index < -0.39 is 0 Å². The third-order valence-corrected chi connectivity index (χ3v) is 6.27. The maximum absolute atomic E-state index is 12.8. The van der Waals surface area contributed by atoms with Crippen LogP contribution in [0.1, 0.15) is 15.9 Å². The van der Waals surface area contributed by atoms with Gasteiger partial charge in [-0.2, -0.15) is 0 Å². The first kappa shape index (κ1) is 21.8. The van der Waals surface area contributed by atoms with Crippen LogP contribution in [0.4, 0.5) is 11.4 Å². The van der Waals surface area contributed by atoms with Crippen LogP contribution < -0.4 is 19.7 Å². The van der Waals surface area contributed by atoms with Gasteiger partial charge in [-0.05, 0) is 54.4 Å². The average molecular weight is 449 g/mol. The highest BCUT2D eigenvalue weighted by Gasteiger charge is 2.23. The van der Waals surface area contributed by atoms with E-state index in [-0.39, 0.29) is 11.8 Å². The van der Waals surface area contributed by atoms with Gasteiger partial charge in [0.2, 0.25) is 5.91 Å². The molecular formula is C25H24N2O4S. The number of carbonyl (C=O) groups excluding carboxylic acids is 2. The molecule has 0 aromatic heterocycles. The van der Waals surface area contributed by atoms with Gasteiger partial charge in [-0.25, -0.2) is 0 Å². The summed E-state index contributed by atoms with van der Waals surface area (Å²) in [5.74, 6) is 1.22. The zero-order valence-electron chi connectivity index (χ0n) is 18.0. The number of nitrogens with one attached hydrogen (secondary N) is 1. The normalized spacial score (nSPS) is 12.2. The molecule has 0 radical (unpaired) electrons. The molecule has 0 atom stereocenters. The predicted molar refractivity (Wildman–Crippen MR) is 127 cm³/mol. The number of hydrogen-bond donors (Lipinski definition) is 1. The minimum absolute atomic E-state index is 0.0831. The van der Waals surface area contributed by atoms with Crippen molar-refractivity contribution in [3.05, 3.63) is 77.9 Å². The van der Waals surface area contributed by atoms with Crippen LogP contribution in [0, 0.1) is 0 Å². The molecule has 1 aliphatic heterocycles. The van der Waals surface area contributed by atoms with Crippen molar-refractivity contribution in [3.8, 4) is 11.5 Å². The number of benzene rings is 3. The minimum atomic E-state index is -0.252. The molecule has 4 rings (SSSR count). The Morgan fingerprint density at radius 1 is 0.969 bits per heavy atom. The number of fused-ring (bicyclic) bond motifs is 1. The number of amides is 2. The maximum Gasteiger partial charge on any atom is 0.255 e. The van der Waals surface area contributed by atoms with Crippen LogP contribution >= 0.6 is 11.8 Å². The summed E-state index contributed by atoms with van der Waals surface area (Å²) >= 11 is 1.46. The van der Waals surface area contributed by atoms with Crippen molar-refractivity contribution < 1.29 is 19.1 Å². The molecule has 0 saturated carbocycles. The molecule has 6 nitrogen and oxygen atoms in total. The lowest BCUT2D eigenvalue weighted by Gasteiger charge is -2.17. The van der Waals surface area contributed by atoms with E-state index >= 15 is 0 Å². The van der Waals surface area contributed by atoms with Gasteiger partial charge >= 0.3 is 0 Å². The molecule has 3 aromatic rings. The van der Waals surface area contributed by atoms with Gasteiger partial charge in [0, 0.05) is 28.4 Å². The van der Waals surface area contributed by atoms with Crippen LogP contribution in [0.5, 0.6) is 11.5 Å². The second kappa shape index (κ2) is 9.78. The van der Waals surface area contributed by atoms with E-state index in [0.717, 1.165) is 23.5 Å². The summed E-state index contributed by atoms with van der Waals surface area (Å²) in [6.45, 7) is 0.722. The molecule has 1 N–H and O–H groups in total. The second-order valence-electron chi connectivity index (χ2n) is 7.26. The van der Waals surface area contributed by atoms with Crippen LogP contribution in [-0.2, 0) is 11.2 Å². The number of para-hydroxylation sites is 1. The molecule has 1 heterocycles. The van der Waals surface area contributed by atoms with E-state index in [1.807, 2.05) is 47.4 Å². The van der Waals surface area contributed by atoms with Gasteiger partial charge in [0.15, 0.2) is 11.5 Å². The molecule has 3 aromatic carbocycles. The van der Waals surface area contributed by atoms with E-state index in [1.165, 1.54) is 24.4 Å². The zero-order valence-corrected chi connectivity index (χ0v) is 18.8. The van der Waals surface area contributed by atoms with E-state index in [1.54, 1.807) is 25.3 Å². The van der Waals surface area contributed by atoms with Crippen LogP contribution in [0.2, 0.25) is 0 Å². The monoisotopic (exact) mass is 448 g/mol. The predicted octanol–water partition coefficient (Wildman–Crippen LogP) is 4.64. The Morgan fingerprint density at radius 2 is 1.78 bits per heavy atom. The lowest BCUT2D eigenvalue weighted by atomic mass is 10.2. The Morgan fingerprint density at radius 3 is 2.59 bits per heavy atom. The van der Waals surface area contributed by atoms with Crippen LogP contribution in [-0.4, -0.2) is 38.3 Å². The molecule has 164 valence electrons. The first-order chi connectivity index (χ1) is 15.6. The van der Waals surface area contributed by atoms with Crippen molar-refractivity contribution in [2.75, 3.05) is 36.7 Å². The van der Waals surface area contributed by atoms with Crippen LogP contribution in [0.25, 0.3) is 0 Å². The van der Waals surface area contributed by atoms with Gasteiger partial charge < -0.3 is 19.7 Å². The molecule has 32 heavy (non-hydrogen) atoms. The third-order valence-electron chi connectivity index (χ3n) is 5.29. The summed E-state index contributed by atoms with van der Waals surface area (Å²) in [5, 5.41) is 2.90. The van der Waals surface area contributed by atoms with Crippen molar-refractivity contribution in [1.29, 1.82) is 0 Å². The number of nitrogens with zero attached hydrogens (tertiary/aromatic N) is 1. The number of methoxy groups -OCH3 is 2. The smallest absolute Gasteiger partial charge is 0.255 e. The number of anilines is 2. The molecule has 0 fully saturated rings. The summed E-state index contributed by atoms with van der Waals surface area (Å²) in [6.07, 6.45) is 0.893. The Bertz CT molecular complexity index is 1150. The van der Waals surface area contributed by atoms with E-state index in [2.05, 4.69) is 11.4 Å². The minimum Gasteiger partial charge on any atom is -0.493 e. The largest absolute Gasteiger partial charge is 0.493 e. The van der Waals surface area contributed by atoms with Crippen molar-refractivity contribution in [2.45, 2.75) is 11.3 Å². The first-order valence-electron chi connectivity index (χ1n) is 10.2. The Hall–Kier alpha value is -3.45. The van der Waals surface area contributed by atoms with Crippen molar-refractivity contribution in [1.82, 2.24) is 0 Å². The fourth-order valence-electron chi connectivity index (χ4n) is 3.66. The lowest BCUT2D eigenvalue weighted by Crippen LogP contribution is -2.30. The highest BCUT2D eigenvalue weighted by molar-refractivity contribution is 8.00. The number of rotatable bonds is 7. The van der Waals surface area contributed by atoms with Gasteiger partial charge in [-0.1, -0.05) is 24.3 Å². The van der Waals surface area contributed by atoms with Gasteiger partial charge in [-0.3, -0.25) is 9.59 Å². The Balaban J connectivity index is 1.39. The maximum atomic E-state index is 12.8. The highest BCUT2D eigenvalue weighted by atomic mass is 32.2. The zero-order chi connectivity index (χ0) is 22.5. The molecule has 0 spiro atoms. The summed E-state index contributed by atoms with van der Waals surface area (Å²) in [5.41, 5.74) is 3.34. The summed E-state index contributed by atoms with van der Waals surface area (Å²) < 4.78 is 10.5. The Kier molecular flexibility index (Phi) is 6.66. The molecule has 0 bridgehead atoms. The topological polar surface area (TPSA) is 67.9 Å². The summed E-state index contributed by atoms with van der Waals surface area (Å²) in [7, 11) is 3.08. The Labute approximate surface area is 191 Å². The number of ether oxygens (including phenoxy) is 2. The summed E-state index contributed by atoms with van der Waals surface area (Å²) in [4.78, 5) is 28.2. The first-order valence-corrected chi connectivity index (χ1v) is 11.2. The van der Waals surface area contributed by atoms with E-state index in [0.29, 0.717) is 28.5 Å². The lowest BCUT2D eigenvalue weighted by molar-refractivity contribution is -0.116. The van der Waals surface area contributed by atoms with Gasteiger partial charge in [0.25, 0.3) is 5.91 Å². The molecule has 2 amide bonds. The van der Waals surface area contributed by atoms with Gasteiger partial charge in [-0.15, -0.1) is 11.8 Å². The molecule has 0 saturated heterocycles. The third kappa shape index (κ3) is 4.73. The average Bonchev–Trinajstić information content (AvgIpc) is 3.26. The SMILES string of the molecule is COc1ccc(C(=O)Nc2cccc(SCC(=O)N3CCc4ccccc43)c2)cc1OC. The van der Waals surface area contributed by atoms with Crippen LogP contribution in [0.15, 0.2) is 71.6 Å². The summed E-state index contributed by atoms with van der Waals surface area (Å²) in [6, 6.07) is 20.5. The van der Waals surface area contributed by atoms with Crippen molar-refractivity contribution >= 4 is 35.0 Å². The van der Waals surface area contributed by atoms with E-state index in [9.17, 15) is 9.59 Å². The molecule has 0 unspecified atom stereocenters. The van der Waals surface area contributed by atoms with Crippen molar-refractivity contribution in [2.24, 2.45) is 0 Å². The number of carbonyl (C=O) groups is 2. The highest BCUT2D eigenvalue weighted by Crippen LogP contribution is 2.30. The second-order valence-corrected chi connectivity index (χ2v) is 8.31. The fraction of sp³-hybridized carbons (Fsp3) is 0.200. The molecule has 0 aliphatic carbocycles. The molecule has 1 aliphatic rings. The van der Waals surface area contributed by atoms with Crippen LogP contribution in [0.3, 0.4) is 0 Å². The van der Waals surface area contributed by atoms with E-state index in [4.69, 9.17) is 9.47 Å². The molecular weight excluding hydrogens is 424 g/mol. The van der Waals surface area contributed by atoms with Crippen molar-refractivity contribution in [3.63, 3.8) is 0 Å². The standard InChI is InChI=1S/C25H24N2O4S/c1-30-22-11-10-18(14-23(22)31-2)25(29)26-19-7-5-8-20(15-19)32-16-24(28)27-13-12-17-6-3-4-9-21(17)27/h3-11,14-15H,12-13,16H2,1-2H3,(H,26,29). The van der Waals surface area contributed by atoms with Gasteiger partial charge in [0.05, 0.1) is 20.0 Å². The number of thioether (sulfide) groups is 1. The number of hydrogen-bond acceptors (Lipinski definition) is 5. The van der Waals surface area contributed by atoms with Gasteiger partial charge in [0.1, 0.15) is 0 Å². The fourth-order valence-corrected chi connectivity index (χ4v) is 4.50. The quantitative estimate of drug-likeness (QED) is 0.534.